The van der Waals surface area contributed by atoms with Crippen LogP contribution in [0, 0.1) is 13.8 Å². The van der Waals surface area contributed by atoms with Crippen LogP contribution in [0.5, 0.6) is 0 Å². The van der Waals surface area contributed by atoms with Gasteiger partial charge in [-0.1, -0.05) is 36.6 Å². The maximum Gasteiger partial charge on any atom is 0.318 e. The quantitative estimate of drug-likeness (QED) is 0.828. The molecule has 1 saturated heterocycles. The van der Waals surface area contributed by atoms with Crippen LogP contribution in [0.2, 0.25) is 0 Å². The van der Waals surface area contributed by atoms with Crippen molar-refractivity contribution in [1.82, 2.24) is 14.5 Å². The van der Waals surface area contributed by atoms with Crippen molar-refractivity contribution in [2.75, 3.05) is 31.1 Å². The van der Waals surface area contributed by atoms with Gasteiger partial charge in [0.25, 0.3) is 0 Å². The zero-order valence-corrected chi connectivity index (χ0v) is 15.9. The van der Waals surface area contributed by atoms with E-state index in [-0.39, 0.29) is 5.92 Å². The Hall–Kier alpha value is -1.93. The lowest BCUT2D eigenvalue weighted by Gasteiger charge is -2.33. The van der Waals surface area contributed by atoms with Crippen molar-refractivity contribution in [2.24, 2.45) is 0 Å². The first kappa shape index (κ1) is 17.9. The van der Waals surface area contributed by atoms with Gasteiger partial charge in [-0.2, -0.15) is 4.31 Å². The molecular formula is C17H24N4O3S. The van der Waals surface area contributed by atoms with Gasteiger partial charge >= 0.3 is 6.01 Å². The summed E-state index contributed by atoms with van der Waals surface area (Å²) >= 11 is 0. The molecule has 8 heteroatoms. The van der Waals surface area contributed by atoms with Crippen LogP contribution in [0.3, 0.4) is 0 Å². The molecule has 1 fully saturated rings. The summed E-state index contributed by atoms with van der Waals surface area (Å²) in [7, 11) is -3.48. The molecule has 0 unspecified atom stereocenters. The number of sulfonamides is 1. The minimum atomic E-state index is -3.48. The second-order valence-corrected chi connectivity index (χ2v) is 8.64. The fourth-order valence-corrected chi connectivity index (χ4v) is 4.56. The van der Waals surface area contributed by atoms with Gasteiger partial charge in [0.05, 0.1) is 4.90 Å². The Morgan fingerprint density at radius 1 is 1.08 bits per heavy atom. The molecule has 1 aromatic carbocycles. The van der Waals surface area contributed by atoms with E-state index in [1.807, 2.05) is 44.7 Å². The van der Waals surface area contributed by atoms with Crippen LogP contribution in [0.15, 0.2) is 27.5 Å². The predicted molar refractivity (Wildman–Crippen MR) is 95.3 cm³/mol. The van der Waals surface area contributed by atoms with Crippen LogP contribution in [0.25, 0.3) is 0 Å². The van der Waals surface area contributed by atoms with E-state index in [0.717, 1.165) is 11.1 Å². The molecule has 25 heavy (non-hydrogen) atoms. The van der Waals surface area contributed by atoms with Crippen molar-refractivity contribution in [3.8, 4) is 0 Å². The summed E-state index contributed by atoms with van der Waals surface area (Å²) in [5.41, 5.74) is 1.83. The summed E-state index contributed by atoms with van der Waals surface area (Å²) < 4.78 is 33.0. The lowest BCUT2D eigenvalue weighted by molar-refractivity contribution is 0.367. The third kappa shape index (κ3) is 3.55. The highest BCUT2D eigenvalue weighted by atomic mass is 32.2. The number of anilines is 1. The van der Waals surface area contributed by atoms with E-state index >= 15 is 0 Å². The van der Waals surface area contributed by atoms with Gasteiger partial charge in [0, 0.05) is 32.1 Å². The van der Waals surface area contributed by atoms with Crippen LogP contribution in [-0.4, -0.2) is 49.1 Å². The number of piperazine rings is 1. The third-order valence-electron chi connectivity index (χ3n) is 4.38. The molecule has 0 spiro atoms. The highest BCUT2D eigenvalue weighted by Crippen LogP contribution is 2.24. The number of aryl methyl sites for hydroxylation is 2. The summed E-state index contributed by atoms with van der Waals surface area (Å²) in [5.74, 6) is 0.771. The Morgan fingerprint density at radius 3 is 2.32 bits per heavy atom. The van der Waals surface area contributed by atoms with E-state index in [4.69, 9.17) is 4.42 Å². The molecule has 0 bridgehead atoms. The Kier molecular flexibility index (Phi) is 4.83. The molecule has 136 valence electrons. The zero-order chi connectivity index (χ0) is 18.2. The summed E-state index contributed by atoms with van der Waals surface area (Å²) in [6, 6.07) is 5.89. The maximum atomic E-state index is 12.9. The van der Waals surface area contributed by atoms with Crippen LogP contribution in [0.1, 0.15) is 36.8 Å². The van der Waals surface area contributed by atoms with Gasteiger partial charge < -0.3 is 9.32 Å². The van der Waals surface area contributed by atoms with Gasteiger partial charge in [0.2, 0.25) is 15.9 Å². The number of rotatable bonds is 4. The van der Waals surface area contributed by atoms with Crippen molar-refractivity contribution < 1.29 is 12.8 Å². The van der Waals surface area contributed by atoms with Gasteiger partial charge in [0.15, 0.2) is 0 Å². The van der Waals surface area contributed by atoms with Gasteiger partial charge in [-0.05, 0) is 25.5 Å². The molecule has 1 aromatic heterocycles. The number of nitrogens with zero attached hydrogens (tertiary/aromatic N) is 4. The fraction of sp³-hybridized carbons (Fsp3) is 0.529. The molecule has 7 nitrogen and oxygen atoms in total. The minimum absolute atomic E-state index is 0.174. The van der Waals surface area contributed by atoms with Crippen LogP contribution in [-0.2, 0) is 10.0 Å². The first-order valence-corrected chi connectivity index (χ1v) is 9.89. The second-order valence-electron chi connectivity index (χ2n) is 6.74. The molecule has 2 heterocycles. The van der Waals surface area contributed by atoms with Gasteiger partial charge in [0.1, 0.15) is 0 Å². The molecule has 0 saturated carbocycles. The van der Waals surface area contributed by atoms with E-state index in [0.29, 0.717) is 43.0 Å². The third-order valence-corrected chi connectivity index (χ3v) is 6.44. The van der Waals surface area contributed by atoms with E-state index in [1.54, 1.807) is 6.07 Å². The SMILES string of the molecule is Cc1ccc(S(=O)(=O)N2CCN(c3nnc(C(C)C)o3)CC2)c(C)c1. The van der Waals surface area contributed by atoms with Crippen molar-refractivity contribution >= 4 is 16.0 Å². The van der Waals surface area contributed by atoms with Crippen LogP contribution >= 0.6 is 0 Å². The number of benzene rings is 1. The minimum Gasteiger partial charge on any atom is -0.408 e. The Labute approximate surface area is 148 Å². The topological polar surface area (TPSA) is 79.5 Å². The number of hydrogen-bond donors (Lipinski definition) is 0. The summed E-state index contributed by atoms with van der Waals surface area (Å²) in [4.78, 5) is 2.32. The number of hydrogen-bond acceptors (Lipinski definition) is 6. The van der Waals surface area contributed by atoms with Crippen molar-refractivity contribution in [3.63, 3.8) is 0 Å². The first-order chi connectivity index (χ1) is 11.8. The lowest BCUT2D eigenvalue weighted by atomic mass is 10.2. The van der Waals surface area contributed by atoms with Gasteiger partial charge in [-0.15, -0.1) is 5.10 Å². The molecule has 0 amide bonds. The highest BCUT2D eigenvalue weighted by molar-refractivity contribution is 7.89. The van der Waals surface area contributed by atoms with Crippen molar-refractivity contribution in [1.29, 1.82) is 0 Å². The van der Waals surface area contributed by atoms with E-state index in [1.165, 1.54) is 4.31 Å². The molecule has 2 aromatic rings. The standard InChI is InChI=1S/C17H24N4O3S/c1-12(2)16-18-19-17(24-16)20-7-9-21(10-8-20)25(22,23)15-6-5-13(3)11-14(15)4/h5-6,11-12H,7-10H2,1-4H3. The van der Waals surface area contributed by atoms with Gasteiger partial charge in [-0.3, -0.25) is 0 Å². The first-order valence-electron chi connectivity index (χ1n) is 8.45. The van der Waals surface area contributed by atoms with Crippen molar-refractivity contribution in [2.45, 2.75) is 38.5 Å². The van der Waals surface area contributed by atoms with Crippen LogP contribution < -0.4 is 4.90 Å². The average molecular weight is 364 g/mol. The molecule has 1 aliphatic heterocycles. The predicted octanol–water partition coefficient (Wildman–Crippen LogP) is 2.32. The highest BCUT2D eigenvalue weighted by Gasteiger charge is 2.31. The zero-order valence-electron chi connectivity index (χ0n) is 15.1. The fourth-order valence-electron chi connectivity index (χ4n) is 2.94. The maximum absolute atomic E-state index is 12.9. The molecule has 3 rings (SSSR count). The summed E-state index contributed by atoms with van der Waals surface area (Å²) in [6.07, 6.45) is 0. The Bertz CT molecular complexity index is 853. The average Bonchev–Trinajstić information content (AvgIpc) is 3.05. The van der Waals surface area contributed by atoms with E-state index in [9.17, 15) is 8.42 Å². The van der Waals surface area contributed by atoms with Crippen LogP contribution in [0.4, 0.5) is 6.01 Å². The molecule has 0 N–H and O–H groups in total. The molecule has 1 aliphatic rings. The van der Waals surface area contributed by atoms with E-state index in [2.05, 4.69) is 10.2 Å². The normalized spacial score (nSPS) is 16.6. The molecule has 0 aliphatic carbocycles. The summed E-state index contributed by atoms with van der Waals surface area (Å²) in [6.45, 7) is 9.63. The Balaban J connectivity index is 1.72. The molecular weight excluding hydrogens is 340 g/mol. The van der Waals surface area contributed by atoms with E-state index < -0.39 is 10.0 Å². The second kappa shape index (κ2) is 6.76. The Morgan fingerprint density at radius 2 is 1.76 bits per heavy atom. The monoisotopic (exact) mass is 364 g/mol. The molecule has 0 radical (unpaired) electrons. The lowest BCUT2D eigenvalue weighted by Crippen LogP contribution is -2.48. The number of aromatic nitrogens is 2. The van der Waals surface area contributed by atoms with Gasteiger partial charge in [-0.25, -0.2) is 8.42 Å². The summed E-state index contributed by atoms with van der Waals surface area (Å²) in [5, 5.41) is 8.11. The largest absolute Gasteiger partial charge is 0.408 e. The molecule has 0 atom stereocenters. The van der Waals surface area contributed by atoms with Crippen molar-refractivity contribution in [3.05, 3.63) is 35.2 Å². The smallest absolute Gasteiger partial charge is 0.318 e.